The fourth-order valence-corrected chi connectivity index (χ4v) is 3.33. The van der Waals surface area contributed by atoms with E-state index in [1.807, 2.05) is 13.0 Å². The maximum Gasteiger partial charge on any atom is 0.225 e. The van der Waals surface area contributed by atoms with Gasteiger partial charge in [-0.05, 0) is 49.4 Å². The largest absolute Gasteiger partial charge is 0.369 e. The first kappa shape index (κ1) is 16.2. The molecule has 0 unspecified atom stereocenters. The van der Waals surface area contributed by atoms with Crippen molar-refractivity contribution in [1.82, 2.24) is 24.7 Å². The number of nitrogens with two attached hydrogens (primary N) is 2. The Bertz CT molecular complexity index is 1010. The van der Waals surface area contributed by atoms with Crippen molar-refractivity contribution in [1.29, 1.82) is 0 Å². The summed E-state index contributed by atoms with van der Waals surface area (Å²) in [5.41, 5.74) is 16.0. The highest BCUT2D eigenvalue weighted by Gasteiger charge is 2.19. The molecule has 0 fully saturated rings. The van der Waals surface area contributed by atoms with E-state index in [-0.39, 0.29) is 12.4 Å². The van der Waals surface area contributed by atoms with Crippen LogP contribution in [-0.2, 0) is 24.1 Å². The number of nitrogen functional groups attached to an aromatic ring is 1. The molecule has 1 aliphatic carbocycles. The van der Waals surface area contributed by atoms with Crippen molar-refractivity contribution < 1.29 is 4.79 Å². The molecule has 4 rings (SSSR count). The smallest absolute Gasteiger partial charge is 0.225 e. The van der Waals surface area contributed by atoms with Crippen LogP contribution in [0.15, 0.2) is 24.4 Å². The highest BCUT2D eigenvalue weighted by molar-refractivity contribution is 5.76. The number of aryl methyl sites for hydroxylation is 3. The average molecular weight is 349 g/mol. The van der Waals surface area contributed by atoms with Crippen LogP contribution < -0.4 is 11.5 Å². The molecule has 0 aliphatic heterocycles. The van der Waals surface area contributed by atoms with Crippen LogP contribution in [0.1, 0.15) is 29.1 Å². The third-order valence-corrected chi connectivity index (χ3v) is 4.55. The number of nitrogens with zero attached hydrogens (tertiary/aromatic N) is 5. The molecular formula is C18H19N7O. The summed E-state index contributed by atoms with van der Waals surface area (Å²) >= 11 is 0. The Hall–Kier alpha value is -3.29. The molecule has 2 heterocycles. The zero-order valence-corrected chi connectivity index (χ0v) is 14.4. The van der Waals surface area contributed by atoms with Crippen molar-refractivity contribution in [3.63, 3.8) is 0 Å². The van der Waals surface area contributed by atoms with Crippen LogP contribution in [0.2, 0.25) is 0 Å². The third kappa shape index (κ3) is 2.90. The third-order valence-electron chi connectivity index (χ3n) is 4.55. The zero-order valence-electron chi connectivity index (χ0n) is 14.4. The van der Waals surface area contributed by atoms with Gasteiger partial charge in [0.1, 0.15) is 0 Å². The average Bonchev–Trinajstić information content (AvgIpc) is 3.20. The number of carbonyl (C=O) groups is 1. The van der Waals surface area contributed by atoms with E-state index in [9.17, 15) is 4.79 Å². The van der Waals surface area contributed by atoms with Gasteiger partial charge in [0.25, 0.3) is 0 Å². The van der Waals surface area contributed by atoms with Gasteiger partial charge in [-0.2, -0.15) is 5.10 Å². The molecule has 26 heavy (non-hydrogen) atoms. The number of carbonyl (C=O) groups excluding carboxylic acids is 1. The highest BCUT2D eigenvalue weighted by Crippen LogP contribution is 2.28. The van der Waals surface area contributed by atoms with E-state index in [1.165, 1.54) is 17.5 Å². The molecular weight excluding hydrogens is 330 g/mol. The van der Waals surface area contributed by atoms with E-state index < -0.39 is 5.91 Å². The SMILES string of the molecule is Cc1nc(N)ncc1-c1nc(CC(N)=O)nn1-c1ccc2c(c1)CCC2. The van der Waals surface area contributed by atoms with Gasteiger partial charge in [-0.15, -0.1) is 0 Å². The number of anilines is 1. The van der Waals surface area contributed by atoms with Crippen LogP contribution in [0.4, 0.5) is 5.95 Å². The summed E-state index contributed by atoms with van der Waals surface area (Å²) in [7, 11) is 0. The maximum absolute atomic E-state index is 11.3. The summed E-state index contributed by atoms with van der Waals surface area (Å²) in [5.74, 6) is 0.654. The minimum absolute atomic E-state index is 0.0280. The van der Waals surface area contributed by atoms with Gasteiger partial charge in [0, 0.05) is 6.20 Å². The number of hydrogen-bond acceptors (Lipinski definition) is 6. The molecule has 0 saturated heterocycles. The van der Waals surface area contributed by atoms with E-state index in [0.29, 0.717) is 22.9 Å². The normalized spacial score (nSPS) is 13.0. The molecule has 2 aromatic heterocycles. The minimum atomic E-state index is -0.479. The molecule has 0 radical (unpaired) electrons. The molecule has 0 atom stereocenters. The van der Waals surface area contributed by atoms with Gasteiger partial charge < -0.3 is 11.5 Å². The molecule has 0 bridgehead atoms. The number of benzene rings is 1. The molecule has 0 spiro atoms. The number of hydrogen-bond donors (Lipinski definition) is 2. The van der Waals surface area contributed by atoms with E-state index in [4.69, 9.17) is 11.5 Å². The fraction of sp³-hybridized carbons (Fsp3) is 0.278. The molecule has 8 nitrogen and oxygen atoms in total. The van der Waals surface area contributed by atoms with Crippen molar-refractivity contribution in [3.8, 4) is 17.1 Å². The molecule has 0 saturated carbocycles. The van der Waals surface area contributed by atoms with Crippen molar-refractivity contribution in [2.45, 2.75) is 32.6 Å². The van der Waals surface area contributed by atoms with Crippen LogP contribution in [0.25, 0.3) is 17.1 Å². The first-order valence-electron chi connectivity index (χ1n) is 8.47. The van der Waals surface area contributed by atoms with E-state index in [1.54, 1.807) is 10.9 Å². The maximum atomic E-state index is 11.3. The second-order valence-corrected chi connectivity index (χ2v) is 6.44. The van der Waals surface area contributed by atoms with Crippen LogP contribution in [-0.4, -0.2) is 30.6 Å². The first-order chi connectivity index (χ1) is 12.5. The minimum Gasteiger partial charge on any atom is -0.369 e. The van der Waals surface area contributed by atoms with E-state index >= 15 is 0 Å². The van der Waals surface area contributed by atoms with E-state index in [2.05, 4.69) is 32.2 Å². The van der Waals surface area contributed by atoms with Crippen LogP contribution in [0.5, 0.6) is 0 Å². The van der Waals surface area contributed by atoms with Gasteiger partial charge in [-0.1, -0.05) is 6.07 Å². The van der Waals surface area contributed by atoms with Gasteiger partial charge in [0.2, 0.25) is 11.9 Å². The fourth-order valence-electron chi connectivity index (χ4n) is 3.33. The van der Waals surface area contributed by atoms with Crippen molar-refractivity contribution in [3.05, 3.63) is 47.0 Å². The Balaban J connectivity index is 1.87. The quantitative estimate of drug-likeness (QED) is 0.727. The molecule has 1 aromatic carbocycles. The zero-order chi connectivity index (χ0) is 18.3. The van der Waals surface area contributed by atoms with Gasteiger partial charge >= 0.3 is 0 Å². The summed E-state index contributed by atoms with van der Waals surface area (Å²) in [6.45, 7) is 1.84. The number of amides is 1. The predicted octanol–water partition coefficient (Wildman–Crippen LogP) is 1.13. The molecule has 132 valence electrons. The molecule has 8 heteroatoms. The lowest BCUT2D eigenvalue weighted by Crippen LogP contribution is -2.14. The summed E-state index contributed by atoms with van der Waals surface area (Å²) in [4.78, 5) is 24.1. The number of fused-ring (bicyclic) bond motifs is 1. The summed E-state index contributed by atoms with van der Waals surface area (Å²) in [5, 5.41) is 4.50. The summed E-state index contributed by atoms with van der Waals surface area (Å²) < 4.78 is 1.72. The molecule has 1 aliphatic rings. The second kappa shape index (κ2) is 6.21. The summed E-state index contributed by atoms with van der Waals surface area (Å²) in [6.07, 6.45) is 4.93. The molecule has 1 amide bonds. The highest BCUT2D eigenvalue weighted by atomic mass is 16.1. The molecule has 3 aromatic rings. The lowest BCUT2D eigenvalue weighted by Gasteiger charge is -2.09. The van der Waals surface area contributed by atoms with Gasteiger partial charge in [0.05, 0.1) is 23.4 Å². The van der Waals surface area contributed by atoms with Gasteiger partial charge in [0.15, 0.2) is 11.6 Å². The Labute approximate surface area is 150 Å². The first-order valence-corrected chi connectivity index (χ1v) is 8.47. The van der Waals surface area contributed by atoms with Gasteiger partial charge in [-0.3, -0.25) is 4.79 Å². The van der Waals surface area contributed by atoms with E-state index in [0.717, 1.165) is 18.5 Å². The monoisotopic (exact) mass is 349 g/mol. The Morgan fingerprint density at radius 1 is 1.23 bits per heavy atom. The number of aromatic nitrogens is 5. The lowest BCUT2D eigenvalue weighted by atomic mass is 10.1. The van der Waals surface area contributed by atoms with Crippen molar-refractivity contribution in [2.75, 3.05) is 5.73 Å². The van der Waals surface area contributed by atoms with Crippen LogP contribution >= 0.6 is 0 Å². The second-order valence-electron chi connectivity index (χ2n) is 6.44. The van der Waals surface area contributed by atoms with Crippen LogP contribution in [0, 0.1) is 6.92 Å². The predicted molar refractivity (Wildman–Crippen MR) is 96.5 cm³/mol. The summed E-state index contributed by atoms with van der Waals surface area (Å²) in [6, 6.07) is 6.27. The van der Waals surface area contributed by atoms with Crippen molar-refractivity contribution >= 4 is 11.9 Å². The number of rotatable bonds is 4. The standard InChI is InChI=1S/C18H19N7O/c1-10-14(9-21-18(20)22-10)17-23-16(8-15(19)26)24-25(17)13-6-5-11-3-2-4-12(11)7-13/h5-7,9H,2-4,8H2,1H3,(H2,19,26)(H2,20,21,22). The Kier molecular flexibility index (Phi) is 3.87. The van der Waals surface area contributed by atoms with Gasteiger partial charge in [-0.25, -0.2) is 19.6 Å². The number of primary amides is 1. The Morgan fingerprint density at radius 3 is 2.81 bits per heavy atom. The Morgan fingerprint density at radius 2 is 2.04 bits per heavy atom. The molecule has 4 N–H and O–H groups in total. The topological polar surface area (TPSA) is 126 Å². The lowest BCUT2D eigenvalue weighted by molar-refractivity contribution is -0.117. The van der Waals surface area contributed by atoms with Crippen molar-refractivity contribution in [2.24, 2.45) is 5.73 Å². The van der Waals surface area contributed by atoms with Crippen LogP contribution in [0.3, 0.4) is 0 Å².